The number of aromatic nitrogens is 7. The first-order chi connectivity index (χ1) is 40.6. The molecule has 7 nitrogen and oxygen atoms in total. The molecule has 0 saturated heterocycles. The van der Waals surface area contributed by atoms with Crippen molar-refractivity contribution in [2.75, 3.05) is 0 Å². The molecule has 0 unspecified atom stereocenters. The maximum absolute atomic E-state index is 5.71. The van der Waals surface area contributed by atoms with Gasteiger partial charge in [-0.2, -0.15) is 0 Å². The Labute approximate surface area is 471 Å². The fraction of sp³-hybridized carbons (Fsp3) is 0.0133. The van der Waals surface area contributed by atoms with Crippen molar-refractivity contribution in [2.45, 2.75) is 6.92 Å². The fourth-order valence-electron chi connectivity index (χ4n) is 13.1. The number of hydrogen-bond donors (Lipinski definition) is 0. The van der Waals surface area contributed by atoms with Gasteiger partial charge in [0.05, 0.1) is 72.2 Å². The minimum atomic E-state index is 0.815. The van der Waals surface area contributed by atoms with E-state index in [-0.39, 0.29) is 0 Å². The van der Waals surface area contributed by atoms with Gasteiger partial charge in [-0.15, -0.1) is 0 Å². The van der Waals surface area contributed by atoms with E-state index in [4.69, 9.17) is 9.97 Å². The van der Waals surface area contributed by atoms with E-state index >= 15 is 0 Å². The average Bonchev–Trinajstić information content (AvgIpc) is 2.32. The molecule has 17 aromatic rings. The van der Waals surface area contributed by atoms with Gasteiger partial charge in [0.15, 0.2) is 0 Å². The first-order valence-electron chi connectivity index (χ1n) is 28.0. The lowest BCUT2D eigenvalue weighted by molar-refractivity contribution is 1.03. The topological polar surface area (TPSA) is 49.4 Å². The summed E-state index contributed by atoms with van der Waals surface area (Å²) < 4.78 is 12.1. The van der Waals surface area contributed by atoms with Crippen LogP contribution in [0, 0.1) is 6.92 Å². The molecule has 0 aliphatic heterocycles. The first kappa shape index (κ1) is 45.9. The average molecular weight is 1050 g/mol. The zero-order chi connectivity index (χ0) is 54.0. The monoisotopic (exact) mass is 1050 g/mol. The van der Waals surface area contributed by atoms with Crippen LogP contribution in [0.1, 0.15) is 5.56 Å². The second-order valence-corrected chi connectivity index (χ2v) is 21.4. The van der Waals surface area contributed by atoms with Crippen LogP contribution in [-0.4, -0.2) is 32.5 Å². The van der Waals surface area contributed by atoms with Crippen LogP contribution in [0.3, 0.4) is 0 Å². The second-order valence-electron chi connectivity index (χ2n) is 21.4. The SMILES string of the molecule is Cc1c(-c2ccccc2)c(-n2c3ccc(-c4ccccc4)cc3n3c4cc(-c5ccccc5)ccc4nc23)cc(-n2c3ccc(-c4ccccc4)cc3n3c4cc(-c5ccccc5)ccc4nc23)c1-n1c2ccccc2c2ccccc21. The molecule has 0 bridgehead atoms. The van der Waals surface area contributed by atoms with Crippen LogP contribution in [0.25, 0.3) is 150 Å². The van der Waals surface area contributed by atoms with E-state index in [2.05, 4.69) is 308 Å². The number of nitrogens with zero attached hydrogens (tertiary/aromatic N) is 7. The highest BCUT2D eigenvalue weighted by atomic mass is 15.2. The zero-order valence-electron chi connectivity index (χ0n) is 44.7. The summed E-state index contributed by atoms with van der Waals surface area (Å²) in [5.41, 5.74) is 25.8. The van der Waals surface area contributed by atoms with E-state index in [0.717, 1.165) is 145 Å². The highest BCUT2D eigenvalue weighted by Gasteiger charge is 2.30. The molecule has 5 heterocycles. The van der Waals surface area contributed by atoms with Gasteiger partial charge >= 0.3 is 0 Å². The summed E-state index contributed by atoms with van der Waals surface area (Å²) in [5.74, 6) is 1.64. The highest BCUT2D eigenvalue weighted by Crippen LogP contribution is 2.46. The van der Waals surface area contributed by atoms with Crippen LogP contribution in [0.2, 0.25) is 0 Å². The Morgan fingerprint density at radius 1 is 0.256 bits per heavy atom. The Morgan fingerprint density at radius 2 is 0.610 bits per heavy atom. The van der Waals surface area contributed by atoms with Crippen molar-refractivity contribution in [2.24, 2.45) is 0 Å². The number of para-hydroxylation sites is 2. The first-order valence-corrected chi connectivity index (χ1v) is 28.0. The van der Waals surface area contributed by atoms with Crippen molar-refractivity contribution in [1.29, 1.82) is 0 Å². The molecule has 0 N–H and O–H groups in total. The lowest BCUT2D eigenvalue weighted by Gasteiger charge is -2.24. The van der Waals surface area contributed by atoms with E-state index < -0.39 is 0 Å². The maximum atomic E-state index is 5.71. The van der Waals surface area contributed by atoms with Gasteiger partial charge in [0.25, 0.3) is 0 Å². The van der Waals surface area contributed by atoms with Crippen LogP contribution >= 0.6 is 0 Å². The minimum absolute atomic E-state index is 0.815. The van der Waals surface area contributed by atoms with Gasteiger partial charge in [-0.3, -0.25) is 17.9 Å². The van der Waals surface area contributed by atoms with Gasteiger partial charge < -0.3 is 4.57 Å². The second kappa shape index (κ2) is 18.0. The zero-order valence-corrected chi connectivity index (χ0v) is 44.7. The molecule has 0 saturated carbocycles. The Hall–Kier alpha value is -11.0. The summed E-state index contributed by atoms with van der Waals surface area (Å²) >= 11 is 0. The molecule has 12 aromatic carbocycles. The number of rotatable bonds is 8. The van der Waals surface area contributed by atoms with Gasteiger partial charge in [0.1, 0.15) is 0 Å². The third-order valence-electron chi connectivity index (χ3n) is 16.9. The van der Waals surface area contributed by atoms with Crippen molar-refractivity contribution in [3.8, 4) is 72.7 Å². The predicted octanol–water partition coefficient (Wildman–Crippen LogP) is 18.9. The van der Waals surface area contributed by atoms with Crippen LogP contribution in [0.15, 0.2) is 279 Å². The summed E-state index contributed by atoms with van der Waals surface area (Å²) in [6.07, 6.45) is 0. The molecular formula is C75H49N7. The molecule has 0 atom stereocenters. The lowest BCUT2D eigenvalue weighted by Crippen LogP contribution is -2.11. The van der Waals surface area contributed by atoms with Crippen molar-refractivity contribution in [1.82, 2.24) is 32.5 Å². The molecule has 0 amide bonds. The van der Waals surface area contributed by atoms with E-state index in [1.165, 1.54) is 10.8 Å². The summed E-state index contributed by atoms with van der Waals surface area (Å²) in [6, 6.07) is 101. The van der Waals surface area contributed by atoms with E-state index in [0.29, 0.717) is 0 Å². The van der Waals surface area contributed by atoms with Crippen LogP contribution < -0.4 is 0 Å². The smallest absolute Gasteiger partial charge is 0.220 e. The standard InChI is InChI=1S/C75H49N7/c1-48-72(53-29-15-6-16-30-53)70(79-64-41-37-56(51-25-11-4-12-26-51)45-68(64)81-66-43-54(49-21-7-2-8-22-49)35-39-60(66)76-74(79)81)47-71(73(48)78-62-33-19-17-31-58(62)59-32-18-20-34-63(59)78)80-65-42-38-57(52-27-13-5-14-28-52)46-69(65)82-67-44-55(50-23-9-3-10-24-50)36-40-61(67)77-75(80)82/h2-47H,1H3. The quantitative estimate of drug-likeness (QED) is 0.152. The van der Waals surface area contributed by atoms with Crippen molar-refractivity contribution in [3.63, 3.8) is 0 Å². The molecule has 0 aliphatic carbocycles. The molecule has 384 valence electrons. The van der Waals surface area contributed by atoms with Crippen LogP contribution in [0.5, 0.6) is 0 Å². The Balaban J connectivity index is 1.06. The van der Waals surface area contributed by atoms with Gasteiger partial charge in [0.2, 0.25) is 11.6 Å². The molecular weight excluding hydrogens is 999 g/mol. The normalized spacial score (nSPS) is 12.0. The third kappa shape index (κ3) is 6.90. The molecule has 0 aliphatic rings. The van der Waals surface area contributed by atoms with Crippen molar-refractivity contribution >= 4 is 77.5 Å². The number of imidazole rings is 4. The Morgan fingerprint density at radius 3 is 1.04 bits per heavy atom. The predicted molar refractivity (Wildman–Crippen MR) is 339 cm³/mol. The number of benzene rings is 12. The summed E-state index contributed by atoms with van der Waals surface area (Å²) in [6.45, 7) is 2.32. The van der Waals surface area contributed by atoms with E-state index in [9.17, 15) is 0 Å². The lowest BCUT2D eigenvalue weighted by atomic mass is 9.95. The summed E-state index contributed by atoms with van der Waals surface area (Å²) in [7, 11) is 0. The van der Waals surface area contributed by atoms with Crippen molar-refractivity contribution in [3.05, 3.63) is 285 Å². The molecule has 0 spiro atoms. The molecule has 7 heteroatoms. The largest absolute Gasteiger partial charge is 0.307 e. The van der Waals surface area contributed by atoms with Crippen molar-refractivity contribution < 1.29 is 0 Å². The highest BCUT2D eigenvalue weighted by molar-refractivity contribution is 6.10. The summed E-state index contributed by atoms with van der Waals surface area (Å²) in [5, 5.41) is 2.38. The maximum Gasteiger partial charge on any atom is 0.220 e. The number of hydrogen-bond acceptors (Lipinski definition) is 2. The van der Waals surface area contributed by atoms with Crippen LogP contribution in [-0.2, 0) is 0 Å². The van der Waals surface area contributed by atoms with E-state index in [1.54, 1.807) is 0 Å². The Kier molecular flexibility index (Phi) is 10.1. The van der Waals surface area contributed by atoms with Gasteiger partial charge in [-0.1, -0.05) is 212 Å². The molecule has 82 heavy (non-hydrogen) atoms. The van der Waals surface area contributed by atoms with Gasteiger partial charge in [0, 0.05) is 16.3 Å². The summed E-state index contributed by atoms with van der Waals surface area (Å²) in [4.78, 5) is 11.4. The Bertz CT molecular complexity index is 5320. The molecule has 5 aromatic heterocycles. The molecule has 17 rings (SSSR count). The van der Waals surface area contributed by atoms with Crippen LogP contribution in [0.4, 0.5) is 0 Å². The number of fused-ring (bicyclic) bond motifs is 13. The third-order valence-corrected chi connectivity index (χ3v) is 16.9. The molecule has 0 fully saturated rings. The van der Waals surface area contributed by atoms with Gasteiger partial charge in [-0.05, 0) is 129 Å². The fourth-order valence-corrected chi connectivity index (χ4v) is 13.1. The van der Waals surface area contributed by atoms with E-state index in [1.807, 2.05) is 0 Å². The minimum Gasteiger partial charge on any atom is -0.307 e. The molecule has 0 radical (unpaired) electrons. The van der Waals surface area contributed by atoms with Gasteiger partial charge in [-0.25, -0.2) is 9.97 Å².